The molecule has 0 radical (unpaired) electrons. The van der Waals surface area contributed by atoms with Crippen molar-refractivity contribution in [1.82, 2.24) is 29.5 Å². The monoisotopic (exact) mass is 1090 g/mol. The van der Waals surface area contributed by atoms with Crippen LogP contribution >= 0.6 is 23.2 Å². The molecule has 2 unspecified atom stereocenters. The molecule has 4 fully saturated rings. The van der Waals surface area contributed by atoms with Gasteiger partial charge in [-0.05, 0) is 124 Å². The number of ether oxygens (including phenoxy) is 1. The third-order valence-electron chi connectivity index (χ3n) is 15.0. The van der Waals surface area contributed by atoms with Crippen LogP contribution in [0.25, 0.3) is 21.5 Å². The van der Waals surface area contributed by atoms with Crippen molar-refractivity contribution in [3.05, 3.63) is 96.1 Å². The summed E-state index contributed by atoms with van der Waals surface area (Å²) in [6.07, 6.45) is 5.85. The number of hydrogen-bond acceptors (Lipinski definition) is 11. The molecule has 16 nitrogen and oxygen atoms in total. The Hall–Kier alpha value is -4.69. The first-order chi connectivity index (χ1) is 35.3. The smallest absolute Gasteiger partial charge is 0.410 e. The number of alkyl halides is 2. The molecule has 3 N–H and O–H groups in total. The molecule has 2 spiro atoms. The Kier molecular flexibility index (Phi) is 17.8. The molecule has 6 aliphatic rings. The van der Waals surface area contributed by atoms with E-state index in [1.165, 1.54) is 4.31 Å². The summed E-state index contributed by atoms with van der Waals surface area (Å²) in [5.41, 5.74) is -0.246. The SMILES string of the molecule is CC(C)(C)OC(=O)N1CCCC(C2=NC3(CCN(S(=O)(=O)CCc4cccc5ccccc45)CC3)C(=O)N2)C1.ClCCl.O=C1NC(C2CCCNC2)=NC12CCN(S(=O)(=O)CCc1cccc3ccccc13)CC2. The summed E-state index contributed by atoms with van der Waals surface area (Å²) in [7, 11) is -6.89. The Morgan fingerprint density at radius 3 is 1.57 bits per heavy atom. The lowest BCUT2D eigenvalue weighted by Crippen LogP contribution is -2.51. The molecule has 4 aromatic rings. The number of fused-ring (bicyclic) bond motifs is 2. The summed E-state index contributed by atoms with van der Waals surface area (Å²) in [5.74, 6) is 1.44. The zero-order chi connectivity index (χ0) is 52.7. The first kappa shape index (κ1) is 55.5. The van der Waals surface area contributed by atoms with Gasteiger partial charge in [0.05, 0.1) is 16.8 Å². The molecule has 3 amide bonds. The highest BCUT2D eigenvalue weighted by Gasteiger charge is 2.50. The van der Waals surface area contributed by atoms with E-state index in [4.69, 9.17) is 37.9 Å². The summed E-state index contributed by atoms with van der Waals surface area (Å²) in [6.45, 7) is 9.62. The Labute approximate surface area is 446 Å². The van der Waals surface area contributed by atoms with Gasteiger partial charge in [-0.1, -0.05) is 84.9 Å². The van der Waals surface area contributed by atoms with Crippen molar-refractivity contribution in [3.8, 4) is 0 Å². The quantitative estimate of drug-likeness (QED) is 0.137. The molecule has 74 heavy (non-hydrogen) atoms. The summed E-state index contributed by atoms with van der Waals surface area (Å²) in [5, 5.41) is 13.9. The molecule has 0 saturated carbocycles. The number of nitrogens with zero attached hydrogens (tertiary/aromatic N) is 5. The molecule has 6 heterocycles. The number of rotatable bonds is 10. The molecule has 10 rings (SSSR count). The van der Waals surface area contributed by atoms with E-state index in [0.717, 1.165) is 77.3 Å². The van der Waals surface area contributed by atoms with Crippen molar-refractivity contribution in [2.45, 2.75) is 102 Å². The van der Waals surface area contributed by atoms with Crippen molar-refractivity contribution in [2.24, 2.45) is 21.8 Å². The molecule has 6 aliphatic heterocycles. The van der Waals surface area contributed by atoms with Crippen LogP contribution in [0.3, 0.4) is 0 Å². The zero-order valence-electron chi connectivity index (χ0n) is 42.7. The first-order valence-corrected chi connectivity index (χ1v) is 30.1. The fourth-order valence-corrected chi connectivity index (χ4v) is 13.9. The molecule has 2 atom stereocenters. The second-order valence-corrected chi connectivity index (χ2v) is 26.1. The summed E-state index contributed by atoms with van der Waals surface area (Å²) in [6, 6.07) is 28.0. The third-order valence-corrected chi connectivity index (χ3v) is 18.8. The number of amides is 3. The number of aliphatic imine (C=N–C) groups is 2. The molecule has 400 valence electrons. The molecule has 20 heteroatoms. The number of sulfonamides is 2. The Morgan fingerprint density at radius 1 is 0.662 bits per heavy atom. The van der Waals surface area contributed by atoms with Gasteiger partial charge < -0.3 is 25.6 Å². The van der Waals surface area contributed by atoms with Gasteiger partial charge in [0.1, 0.15) is 28.4 Å². The molecule has 0 aliphatic carbocycles. The number of nitrogens with one attached hydrogen (secondary N) is 3. The predicted octanol–water partition coefficient (Wildman–Crippen LogP) is 7.22. The van der Waals surface area contributed by atoms with Gasteiger partial charge in [-0.25, -0.2) is 30.2 Å². The van der Waals surface area contributed by atoms with Gasteiger partial charge in [-0.2, -0.15) is 0 Å². The molecule has 0 aromatic heterocycles. The van der Waals surface area contributed by atoms with E-state index in [-0.39, 0.29) is 59.7 Å². The van der Waals surface area contributed by atoms with Crippen molar-refractivity contribution in [2.75, 3.05) is 69.2 Å². The van der Waals surface area contributed by atoms with E-state index < -0.39 is 36.7 Å². The molecule has 4 aromatic carbocycles. The van der Waals surface area contributed by atoms with E-state index in [2.05, 4.69) is 16.0 Å². The number of carbonyl (C=O) groups excluding carboxylic acids is 3. The number of aryl methyl sites for hydroxylation is 2. The van der Waals surface area contributed by atoms with E-state index in [0.29, 0.717) is 70.5 Å². The van der Waals surface area contributed by atoms with Crippen LogP contribution in [-0.2, 0) is 47.2 Å². The van der Waals surface area contributed by atoms with Gasteiger partial charge in [-0.15, -0.1) is 23.2 Å². The highest BCUT2D eigenvalue weighted by molar-refractivity contribution is 7.89. The first-order valence-electron chi connectivity index (χ1n) is 25.9. The third kappa shape index (κ3) is 13.1. The van der Waals surface area contributed by atoms with Crippen LogP contribution in [0.5, 0.6) is 0 Å². The Bertz CT molecular complexity index is 2950. The minimum Gasteiger partial charge on any atom is -0.444 e. The minimum atomic E-state index is -3.48. The highest BCUT2D eigenvalue weighted by Crippen LogP contribution is 2.36. The lowest BCUT2D eigenvalue weighted by atomic mass is 9.89. The van der Waals surface area contributed by atoms with Gasteiger partial charge in [0.15, 0.2) is 0 Å². The van der Waals surface area contributed by atoms with Crippen LogP contribution in [0.1, 0.15) is 83.3 Å². The van der Waals surface area contributed by atoms with Crippen LogP contribution in [0, 0.1) is 11.8 Å². The van der Waals surface area contributed by atoms with Crippen molar-refractivity contribution >= 4 is 94.4 Å². The van der Waals surface area contributed by atoms with Crippen molar-refractivity contribution in [1.29, 1.82) is 0 Å². The standard InChI is InChI=1S/C29H38N4O5S.C24H30N4O3S.CH2Cl2/c1-28(2,3)38-27(35)32-16-7-11-23(20-32)25-30-26(34)29(31-25)14-17-33(18-15-29)39(36,37)19-13-22-10-6-9-21-8-4-5-12-24(21)22;29-23-24(27-22(26-23)20-8-4-13-25-17-20)11-14-28(15-12-24)32(30,31)16-10-19-7-3-6-18-5-1-2-9-21(18)19;2-1-3/h4-6,8-10,12,23H,7,11,13-20H2,1-3H3,(H,30,31,34);1-3,5-7,9,20,25H,4,8,10-17H2,(H,26,27,29);1H2. The van der Waals surface area contributed by atoms with E-state index >= 15 is 0 Å². The number of halogens is 2. The fourth-order valence-electron chi connectivity index (χ4n) is 11.0. The second kappa shape index (κ2) is 23.7. The normalized spacial score (nSPS) is 22.3. The van der Waals surface area contributed by atoms with Crippen molar-refractivity contribution < 1.29 is 36.0 Å². The van der Waals surface area contributed by atoms with Crippen LogP contribution in [0.2, 0.25) is 0 Å². The van der Waals surface area contributed by atoms with Gasteiger partial charge in [0.25, 0.3) is 11.8 Å². The Balaban J connectivity index is 0.000000190. The largest absolute Gasteiger partial charge is 0.444 e. The van der Waals surface area contributed by atoms with Gasteiger partial charge in [0, 0.05) is 57.6 Å². The van der Waals surface area contributed by atoms with E-state index in [9.17, 15) is 31.2 Å². The predicted molar refractivity (Wildman–Crippen MR) is 294 cm³/mol. The molecule has 0 bridgehead atoms. The maximum Gasteiger partial charge on any atom is 0.410 e. The topological polar surface area (TPSA) is 199 Å². The fraction of sp³-hybridized carbons (Fsp3) is 0.537. The summed E-state index contributed by atoms with van der Waals surface area (Å²) in [4.78, 5) is 49.8. The second-order valence-electron chi connectivity index (χ2n) is 21.1. The number of carbonyl (C=O) groups is 3. The number of likely N-dealkylation sites (tertiary alicyclic amines) is 1. The van der Waals surface area contributed by atoms with Crippen molar-refractivity contribution in [3.63, 3.8) is 0 Å². The van der Waals surface area contributed by atoms with Gasteiger partial charge >= 0.3 is 6.09 Å². The van der Waals surface area contributed by atoms with Crippen LogP contribution in [0.15, 0.2) is 94.9 Å². The highest BCUT2D eigenvalue weighted by atomic mass is 35.5. The van der Waals surface area contributed by atoms with E-state index in [1.807, 2.05) is 106 Å². The summed E-state index contributed by atoms with van der Waals surface area (Å²) >= 11 is 9.53. The van der Waals surface area contributed by atoms with Crippen LogP contribution < -0.4 is 16.0 Å². The number of hydrogen-bond donors (Lipinski definition) is 3. The zero-order valence-corrected chi connectivity index (χ0v) is 45.8. The molecule has 4 saturated heterocycles. The van der Waals surface area contributed by atoms with Crippen LogP contribution in [-0.4, -0.2) is 146 Å². The van der Waals surface area contributed by atoms with Crippen LogP contribution in [0.4, 0.5) is 4.79 Å². The minimum absolute atomic E-state index is 0.0251. The summed E-state index contributed by atoms with van der Waals surface area (Å²) < 4.78 is 61.2. The average Bonchev–Trinajstić information content (AvgIpc) is 3.89. The average molecular weight is 1090 g/mol. The maximum atomic E-state index is 13.2. The molecular formula is C54H70Cl2N8O8S2. The Morgan fingerprint density at radius 2 is 1.11 bits per heavy atom. The molecular weight excluding hydrogens is 1020 g/mol. The number of benzene rings is 4. The number of amidine groups is 2. The van der Waals surface area contributed by atoms with Gasteiger partial charge in [-0.3, -0.25) is 19.6 Å². The number of piperidine rings is 4. The van der Waals surface area contributed by atoms with E-state index in [1.54, 1.807) is 9.21 Å². The van der Waals surface area contributed by atoms with Gasteiger partial charge in [0.2, 0.25) is 20.0 Å². The lowest BCUT2D eigenvalue weighted by Gasteiger charge is -2.35. The lowest BCUT2D eigenvalue weighted by molar-refractivity contribution is -0.125. The maximum absolute atomic E-state index is 13.2.